The van der Waals surface area contributed by atoms with Gasteiger partial charge < -0.3 is 20.3 Å². The molecule has 1 aromatic rings. The molecule has 6 nitrogen and oxygen atoms in total. The van der Waals surface area contributed by atoms with Gasteiger partial charge >= 0.3 is 0 Å². The molecule has 2 amide bonds. The maximum absolute atomic E-state index is 12.2. The van der Waals surface area contributed by atoms with E-state index in [0.717, 1.165) is 32.5 Å². The number of hydrogen-bond acceptors (Lipinski definition) is 4. The van der Waals surface area contributed by atoms with Crippen LogP contribution in [0.25, 0.3) is 0 Å². The maximum atomic E-state index is 12.2. The molecular weight excluding hydrogens is 318 g/mol. The van der Waals surface area contributed by atoms with Crippen LogP contribution in [0.3, 0.4) is 0 Å². The zero-order valence-electron chi connectivity index (χ0n) is 14.6. The number of ether oxygens (including phenoxy) is 1. The first kappa shape index (κ1) is 17.9. The van der Waals surface area contributed by atoms with Crippen molar-refractivity contribution in [3.05, 3.63) is 24.3 Å². The Balaban J connectivity index is 1.47. The van der Waals surface area contributed by atoms with Gasteiger partial charge in [0.05, 0.1) is 0 Å². The topological polar surface area (TPSA) is 70.7 Å². The molecular formula is C19H27N3O3. The van der Waals surface area contributed by atoms with Crippen LogP contribution in [0.1, 0.15) is 38.5 Å². The first-order chi connectivity index (χ1) is 12.2. The number of hydrogen-bond donors (Lipinski definition) is 2. The Morgan fingerprint density at radius 2 is 1.84 bits per heavy atom. The number of anilines is 2. The predicted molar refractivity (Wildman–Crippen MR) is 97.6 cm³/mol. The summed E-state index contributed by atoms with van der Waals surface area (Å²) in [5, 5.41) is 5.77. The molecule has 1 atom stereocenters. The Kier molecular flexibility index (Phi) is 6.42. The smallest absolute Gasteiger partial charge is 0.253 e. The molecule has 2 heterocycles. The second-order valence-corrected chi connectivity index (χ2v) is 6.77. The van der Waals surface area contributed by atoms with Gasteiger partial charge in [0.25, 0.3) is 5.91 Å². The van der Waals surface area contributed by atoms with E-state index in [2.05, 4.69) is 15.5 Å². The molecule has 0 bridgehead atoms. The number of carbonyl (C=O) groups excluding carboxylic acids is 2. The van der Waals surface area contributed by atoms with Crippen molar-refractivity contribution in [3.8, 4) is 0 Å². The number of nitrogens with zero attached hydrogens (tertiary/aromatic N) is 1. The van der Waals surface area contributed by atoms with E-state index in [1.807, 2.05) is 18.2 Å². The van der Waals surface area contributed by atoms with Crippen molar-refractivity contribution in [2.45, 2.75) is 44.6 Å². The van der Waals surface area contributed by atoms with E-state index in [-0.39, 0.29) is 17.9 Å². The number of likely N-dealkylation sites (tertiary alicyclic amines) is 1. The summed E-state index contributed by atoms with van der Waals surface area (Å²) in [5.41, 5.74) is 1.38. The number of carbonyl (C=O) groups is 2. The predicted octanol–water partition coefficient (Wildman–Crippen LogP) is 2.62. The maximum Gasteiger partial charge on any atom is 0.253 e. The molecule has 1 unspecified atom stereocenters. The van der Waals surface area contributed by atoms with Crippen LogP contribution in [0.4, 0.5) is 11.4 Å². The van der Waals surface area contributed by atoms with Crippen molar-refractivity contribution >= 4 is 23.2 Å². The van der Waals surface area contributed by atoms with Crippen molar-refractivity contribution < 1.29 is 14.3 Å². The van der Waals surface area contributed by atoms with E-state index in [4.69, 9.17) is 4.74 Å². The molecule has 1 aromatic carbocycles. The molecule has 2 aliphatic heterocycles. The van der Waals surface area contributed by atoms with Gasteiger partial charge in [-0.2, -0.15) is 0 Å². The van der Waals surface area contributed by atoms with Gasteiger partial charge in [-0.25, -0.2) is 0 Å². The van der Waals surface area contributed by atoms with Crippen LogP contribution < -0.4 is 10.6 Å². The highest BCUT2D eigenvalue weighted by atomic mass is 16.5. The highest BCUT2D eigenvalue weighted by Crippen LogP contribution is 2.18. The highest BCUT2D eigenvalue weighted by Gasteiger charge is 2.23. The molecule has 3 rings (SSSR count). The minimum atomic E-state index is -0.359. The second kappa shape index (κ2) is 8.97. The van der Waals surface area contributed by atoms with E-state index in [0.29, 0.717) is 24.4 Å². The molecule has 0 saturated carbocycles. The van der Waals surface area contributed by atoms with E-state index in [1.165, 1.54) is 19.3 Å². The Bertz CT molecular complexity index is 593. The quantitative estimate of drug-likeness (QED) is 0.831. The number of rotatable bonds is 6. The lowest BCUT2D eigenvalue weighted by molar-refractivity contribution is -0.124. The zero-order chi connectivity index (χ0) is 17.5. The van der Waals surface area contributed by atoms with Gasteiger partial charge in [0.1, 0.15) is 6.10 Å². The summed E-state index contributed by atoms with van der Waals surface area (Å²) >= 11 is 0. The number of benzene rings is 1. The van der Waals surface area contributed by atoms with Crippen molar-refractivity contribution in [1.82, 2.24) is 4.90 Å². The SMILES string of the molecule is O=C(CCN1CCCCC1)Nc1cccc(NC(=O)C2CCCO2)c1. The molecule has 0 radical (unpaired) electrons. The van der Waals surface area contributed by atoms with Crippen LogP contribution in [0.5, 0.6) is 0 Å². The summed E-state index contributed by atoms with van der Waals surface area (Å²) in [6, 6.07) is 7.26. The average Bonchev–Trinajstić information content (AvgIpc) is 3.16. The summed E-state index contributed by atoms with van der Waals surface area (Å²) in [7, 11) is 0. The largest absolute Gasteiger partial charge is 0.368 e. The van der Waals surface area contributed by atoms with Crippen LogP contribution >= 0.6 is 0 Å². The molecule has 0 aliphatic carbocycles. The van der Waals surface area contributed by atoms with Gasteiger partial charge in [-0.1, -0.05) is 12.5 Å². The third-order valence-electron chi connectivity index (χ3n) is 4.74. The van der Waals surface area contributed by atoms with Crippen molar-refractivity contribution in [3.63, 3.8) is 0 Å². The third-order valence-corrected chi connectivity index (χ3v) is 4.74. The van der Waals surface area contributed by atoms with Crippen LogP contribution in [0.2, 0.25) is 0 Å². The summed E-state index contributed by atoms with van der Waals surface area (Å²) < 4.78 is 5.38. The average molecular weight is 345 g/mol. The molecule has 25 heavy (non-hydrogen) atoms. The lowest BCUT2D eigenvalue weighted by Gasteiger charge is -2.25. The second-order valence-electron chi connectivity index (χ2n) is 6.77. The van der Waals surface area contributed by atoms with Crippen LogP contribution in [0.15, 0.2) is 24.3 Å². The third kappa shape index (κ3) is 5.54. The fourth-order valence-electron chi connectivity index (χ4n) is 3.35. The van der Waals surface area contributed by atoms with E-state index >= 15 is 0 Å². The van der Waals surface area contributed by atoms with Gasteiger partial charge in [0.15, 0.2) is 0 Å². The van der Waals surface area contributed by atoms with Crippen LogP contribution in [0, 0.1) is 0 Å². The molecule has 0 spiro atoms. The number of piperidine rings is 1. The van der Waals surface area contributed by atoms with Gasteiger partial charge in [0.2, 0.25) is 5.91 Å². The van der Waals surface area contributed by atoms with E-state index < -0.39 is 0 Å². The number of nitrogens with one attached hydrogen (secondary N) is 2. The van der Waals surface area contributed by atoms with Gasteiger partial charge in [0, 0.05) is 30.9 Å². The Hall–Kier alpha value is -1.92. The molecule has 2 N–H and O–H groups in total. The minimum absolute atomic E-state index is 0.00757. The molecule has 2 fully saturated rings. The monoisotopic (exact) mass is 345 g/mol. The van der Waals surface area contributed by atoms with Crippen LogP contribution in [-0.4, -0.2) is 49.1 Å². The number of amides is 2. The van der Waals surface area contributed by atoms with Crippen molar-refractivity contribution in [2.75, 3.05) is 36.9 Å². The van der Waals surface area contributed by atoms with Crippen molar-refractivity contribution in [1.29, 1.82) is 0 Å². The minimum Gasteiger partial charge on any atom is -0.368 e. The summed E-state index contributed by atoms with van der Waals surface area (Å²) in [4.78, 5) is 26.6. The van der Waals surface area contributed by atoms with Gasteiger partial charge in [-0.05, 0) is 57.0 Å². The Labute approximate surface area is 148 Å². The van der Waals surface area contributed by atoms with E-state index in [1.54, 1.807) is 6.07 Å². The Morgan fingerprint density at radius 3 is 2.56 bits per heavy atom. The van der Waals surface area contributed by atoms with Gasteiger partial charge in [-0.15, -0.1) is 0 Å². The van der Waals surface area contributed by atoms with Crippen molar-refractivity contribution in [2.24, 2.45) is 0 Å². The highest BCUT2D eigenvalue weighted by molar-refractivity contribution is 5.96. The van der Waals surface area contributed by atoms with Crippen LogP contribution in [-0.2, 0) is 14.3 Å². The van der Waals surface area contributed by atoms with E-state index in [9.17, 15) is 9.59 Å². The first-order valence-corrected chi connectivity index (χ1v) is 9.25. The first-order valence-electron chi connectivity index (χ1n) is 9.25. The lowest BCUT2D eigenvalue weighted by atomic mass is 10.1. The standard InChI is InChI=1S/C19H27N3O3/c23-18(9-12-22-10-2-1-3-11-22)20-15-6-4-7-16(14-15)21-19(24)17-8-5-13-25-17/h4,6-7,14,17H,1-3,5,8-13H2,(H,20,23)(H,21,24). The Morgan fingerprint density at radius 1 is 1.08 bits per heavy atom. The molecule has 0 aromatic heterocycles. The molecule has 6 heteroatoms. The summed E-state index contributed by atoms with van der Waals surface area (Å²) in [6.45, 7) is 3.64. The summed E-state index contributed by atoms with van der Waals surface area (Å²) in [6.07, 6.45) is 5.58. The normalized spacial score (nSPS) is 21.0. The lowest BCUT2D eigenvalue weighted by Crippen LogP contribution is -2.32. The fourth-order valence-corrected chi connectivity index (χ4v) is 3.35. The molecule has 2 saturated heterocycles. The summed E-state index contributed by atoms with van der Waals surface area (Å²) in [5.74, 6) is -0.112. The fraction of sp³-hybridized carbons (Fsp3) is 0.579. The van der Waals surface area contributed by atoms with Gasteiger partial charge in [-0.3, -0.25) is 9.59 Å². The molecule has 2 aliphatic rings. The molecule has 136 valence electrons. The zero-order valence-corrected chi connectivity index (χ0v) is 14.6.